The van der Waals surface area contributed by atoms with Gasteiger partial charge >= 0.3 is 0 Å². The summed E-state index contributed by atoms with van der Waals surface area (Å²) in [5, 5.41) is 7.09. The Morgan fingerprint density at radius 2 is 2.04 bits per heavy atom. The number of hydrogen-bond donors (Lipinski definition) is 1. The van der Waals surface area contributed by atoms with Crippen LogP contribution >= 0.6 is 11.6 Å². The van der Waals surface area contributed by atoms with E-state index in [1.54, 1.807) is 31.3 Å². The second-order valence-corrected chi connectivity index (χ2v) is 5.61. The third-order valence-electron chi connectivity index (χ3n) is 3.39. The van der Waals surface area contributed by atoms with Crippen LogP contribution in [0, 0.1) is 6.92 Å². The Hall–Kier alpha value is -2.53. The van der Waals surface area contributed by atoms with Crippen LogP contribution < -0.4 is 10.1 Å². The van der Waals surface area contributed by atoms with Gasteiger partial charge in [-0.15, -0.1) is 0 Å². The summed E-state index contributed by atoms with van der Waals surface area (Å²) in [7, 11) is 1.52. The van der Waals surface area contributed by atoms with E-state index in [0.717, 1.165) is 11.1 Å². The van der Waals surface area contributed by atoms with Crippen molar-refractivity contribution in [1.29, 1.82) is 0 Å². The maximum Gasteiger partial charge on any atom is 0.268 e. The standard InChI is InChI=1S/C18H19ClN2O3/c1-12-6-4-5-7-14(12)11-20-24-13(2)18(22)21-16-10-15(19)8-9-17(16)23-3/h4-11,13H,1-3H3,(H,21,22)/b20-11-/t13-/m1/s1. The summed E-state index contributed by atoms with van der Waals surface area (Å²) in [5.74, 6) is 0.167. The Morgan fingerprint density at radius 1 is 1.29 bits per heavy atom. The van der Waals surface area contributed by atoms with E-state index in [4.69, 9.17) is 21.2 Å². The fourth-order valence-corrected chi connectivity index (χ4v) is 2.14. The maximum atomic E-state index is 12.2. The molecule has 24 heavy (non-hydrogen) atoms. The van der Waals surface area contributed by atoms with Crippen molar-refractivity contribution in [3.05, 3.63) is 58.6 Å². The first-order valence-electron chi connectivity index (χ1n) is 7.40. The molecular formula is C18H19ClN2O3. The molecule has 126 valence electrons. The largest absolute Gasteiger partial charge is 0.495 e. The molecule has 2 aromatic rings. The Balaban J connectivity index is 1.98. The lowest BCUT2D eigenvalue weighted by Crippen LogP contribution is -2.26. The molecule has 0 unspecified atom stereocenters. The predicted octanol–water partition coefficient (Wildman–Crippen LogP) is 4.03. The number of carbonyl (C=O) groups excluding carboxylic acids is 1. The van der Waals surface area contributed by atoms with Gasteiger partial charge in [0.25, 0.3) is 5.91 Å². The van der Waals surface area contributed by atoms with Crippen LogP contribution in [0.5, 0.6) is 5.75 Å². The van der Waals surface area contributed by atoms with E-state index in [1.165, 1.54) is 7.11 Å². The van der Waals surface area contributed by atoms with Crippen LogP contribution in [0.15, 0.2) is 47.6 Å². The molecule has 0 aliphatic carbocycles. The van der Waals surface area contributed by atoms with Gasteiger partial charge < -0.3 is 14.9 Å². The Labute approximate surface area is 146 Å². The molecule has 5 nitrogen and oxygen atoms in total. The minimum atomic E-state index is -0.769. The van der Waals surface area contributed by atoms with Gasteiger partial charge in [0.2, 0.25) is 6.10 Å². The van der Waals surface area contributed by atoms with Crippen molar-refractivity contribution >= 4 is 29.4 Å². The van der Waals surface area contributed by atoms with Crippen LogP contribution in [0.2, 0.25) is 5.02 Å². The molecule has 0 aliphatic heterocycles. The quantitative estimate of drug-likeness (QED) is 0.634. The molecule has 0 bridgehead atoms. The zero-order valence-corrected chi connectivity index (χ0v) is 14.5. The third-order valence-corrected chi connectivity index (χ3v) is 3.62. The van der Waals surface area contributed by atoms with Crippen molar-refractivity contribution in [2.75, 3.05) is 12.4 Å². The van der Waals surface area contributed by atoms with Crippen LogP contribution in [0.3, 0.4) is 0 Å². The molecule has 1 amide bonds. The predicted molar refractivity (Wildman–Crippen MR) is 96.0 cm³/mol. The van der Waals surface area contributed by atoms with E-state index in [0.29, 0.717) is 16.5 Å². The lowest BCUT2D eigenvalue weighted by molar-refractivity contribution is -0.126. The monoisotopic (exact) mass is 346 g/mol. The smallest absolute Gasteiger partial charge is 0.268 e. The number of benzene rings is 2. The van der Waals surface area contributed by atoms with E-state index >= 15 is 0 Å². The van der Waals surface area contributed by atoms with E-state index in [-0.39, 0.29) is 5.91 Å². The average Bonchev–Trinajstić information content (AvgIpc) is 2.56. The number of anilines is 1. The van der Waals surface area contributed by atoms with E-state index in [2.05, 4.69) is 10.5 Å². The maximum absolute atomic E-state index is 12.2. The summed E-state index contributed by atoms with van der Waals surface area (Å²) in [6.07, 6.45) is 0.813. The van der Waals surface area contributed by atoms with Crippen molar-refractivity contribution in [1.82, 2.24) is 0 Å². The Kier molecular flexibility index (Phi) is 6.21. The highest BCUT2D eigenvalue weighted by Gasteiger charge is 2.16. The van der Waals surface area contributed by atoms with Gasteiger partial charge in [-0.3, -0.25) is 4.79 Å². The SMILES string of the molecule is COc1ccc(Cl)cc1NC(=O)[C@@H](C)O/N=C\c1ccccc1C. The fourth-order valence-electron chi connectivity index (χ4n) is 1.97. The molecule has 6 heteroatoms. The minimum absolute atomic E-state index is 0.350. The highest BCUT2D eigenvalue weighted by Crippen LogP contribution is 2.27. The summed E-state index contributed by atoms with van der Waals surface area (Å²) in [6.45, 7) is 3.59. The van der Waals surface area contributed by atoms with Gasteiger partial charge in [0.1, 0.15) is 5.75 Å². The fraction of sp³-hybridized carbons (Fsp3) is 0.222. The summed E-state index contributed by atoms with van der Waals surface area (Å²) < 4.78 is 5.19. The molecule has 2 aromatic carbocycles. The lowest BCUT2D eigenvalue weighted by Gasteiger charge is -2.13. The molecule has 1 atom stereocenters. The molecule has 0 saturated heterocycles. The lowest BCUT2D eigenvalue weighted by atomic mass is 10.1. The number of halogens is 1. The first-order chi connectivity index (χ1) is 11.5. The van der Waals surface area contributed by atoms with Gasteiger partial charge in [-0.25, -0.2) is 0 Å². The summed E-state index contributed by atoms with van der Waals surface area (Å²) in [5.41, 5.74) is 2.49. The normalized spacial score (nSPS) is 12.0. The zero-order chi connectivity index (χ0) is 17.5. The first kappa shape index (κ1) is 17.8. The van der Waals surface area contributed by atoms with Gasteiger partial charge in [-0.05, 0) is 43.2 Å². The van der Waals surface area contributed by atoms with E-state index < -0.39 is 6.10 Å². The van der Waals surface area contributed by atoms with Crippen molar-refractivity contribution in [3.8, 4) is 5.75 Å². The molecular weight excluding hydrogens is 328 g/mol. The number of nitrogens with zero attached hydrogens (tertiary/aromatic N) is 1. The summed E-state index contributed by atoms with van der Waals surface area (Å²) >= 11 is 5.94. The van der Waals surface area contributed by atoms with E-state index in [1.807, 2.05) is 31.2 Å². The van der Waals surface area contributed by atoms with Gasteiger partial charge in [0.05, 0.1) is 19.0 Å². The van der Waals surface area contributed by atoms with Crippen LogP contribution in [-0.2, 0) is 9.63 Å². The number of methoxy groups -OCH3 is 1. The minimum Gasteiger partial charge on any atom is -0.495 e. The second-order valence-electron chi connectivity index (χ2n) is 5.17. The number of hydrogen-bond acceptors (Lipinski definition) is 4. The molecule has 0 spiro atoms. The number of nitrogens with one attached hydrogen (secondary N) is 1. The third kappa shape index (κ3) is 4.73. The number of carbonyl (C=O) groups is 1. The topological polar surface area (TPSA) is 59.9 Å². The van der Waals surface area contributed by atoms with Crippen LogP contribution in [-0.4, -0.2) is 25.3 Å². The van der Waals surface area contributed by atoms with Crippen molar-refractivity contribution in [2.24, 2.45) is 5.16 Å². The Morgan fingerprint density at radius 3 is 2.75 bits per heavy atom. The van der Waals surface area contributed by atoms with Crippen molar-refractivity contribution in [3.63, 3.8) is 0 Å². The number of rotatable bonds is 6. The van der Waals surface area contributed by atoms with Crippen molar-refractivity contribution in [2.45, 2.75) is 20.0 Å². The van der Waals surface area contributed by atoms with E-state index in [9.17, 15) is 4.79 Å². The molecule has 0 saturated carbocycles. The average molecular weight is 347 g/mol. The molecule has 0 radical (unpaired) electrons. The molecule has 0 aliphatic rings. The summed E-state index contributed by atoms with van der Waals surface area (Å²) in [4.78, 5) is 17.4. The molecule has 0 heterocycles. The van der Waals surface area contributed by atoms with Gasteiger partial charge in [0.15, 0.2) is 0 Å². The first-order valence-corrected chi connectivity index (χ1v) is 7.78. The zero-order valence-electron chi connectivity index (χ0n) is 13.7. The number of aryl methyl sites for hydroxylation is 1. The molecule has 0 aromatic heterocycles. The second kappa shape index (κ2) is 8.36. The van der Waals surface area contributed by atoms with Crippen LogP contribution in [0.1, 0.15) is 18.1 Å². The molecule has 2 rings (SSSR count). The number of amides is 1. The van der Waals surface area contributed by atoms with Gasteiger partial charge in [-0.2, -0.15) is 0 Å². The highest BCUT2D eigenvalue weighted by molar-refractivity contribution is 6.31. The highest BCUT2D eigenvalue weighted by atomic mass is 35.5. The molecule has 1 N–H and O–H groups in total. The Bertz CT molecular complexity index is 747. The van der Waals surface area contributed by atoms with Crippen LogP contribution in [0.25, 0.3) is 0 Å². The number of oxime groups is 1. The van der Waals surface area contributed by atoms with Gasteiger partial charge in [0, 0.05) is 5.02 Å². The van der Waals surface area contributed by atoms with Crippen molar-refractivity contribution < 1.29 is 14.4 Å². The summed E-state index contributed by atoms with van der Waals surface area (Å²) in [6, 6.07) is 12.7. The molecule has 0 fully saturated rings. The van der Waals surface area contributed by atoms with Crippen LogP contribution in [0.4, 0.5) is 5.69 Å². The van der Waals surface area contributed by atoms with Gasteiger partial charge in [-0.1, -0.05) is 41.0 Å². The number of ether oxygens (including phenoxy) is 1.